The molecule has 1 aliphatic rings. The molecule has 0 bridgehead atoms. The average molecular weight is 436 g/mol. The molecule has 0 saturated carbocycles. The largest absolute Gasteiger partial charge is 0.352 e. The van der Waals surface area contributed by atoms with E-state index in [0.717, 1.165) is 29.1 Å². The number of halogens is 1. The molecule has 0 aliphatic carbocycles. The van der Waals surface area contributed by atoms with Crippen molar-refractivity contribution in [3.63, 3.8) is 0 Å². The molecule has 8 heteroatoms. The highest BCUT2D eigenvalue weighted by Crippen LogP contribution is 2.37. The molecule has 2 amide bonds. The molecule has 7 nitrogen and oxygen atoms in total. The first-order chi connectivity index (χ1) is 15.4. The minimum atomic E-state index is -0.521. The van der Waals surface area contributed by atoms with E-state index in [1.54, 1.807) is 27.9 Å². The van der Waals surface area contributed by atoms with Gasteiger partial charge in [-0.15, -0.1) is 0 Å². The molecular formula is C24H26FN5O2. The van der Waals surface area contributed by atoms with E-state index >= 15 is 0 Å². The molecular weight excluding hydrogens is 409 g/mol. The first-order valence-corrected chi connectivity index (χ1v) is 10.6. The summed E-state index contributed by atoms with van der Waals surface area (Å²) in [7, 11) is 1.84. The smallest absolute Gasteiger partial charge is 0.258 e. The Morgan fingerprint density at radius 1 is 1.22 bits per heavy atom. The van der Waals surface area contributed by atoms with Crippen LogP contribution in [0, 0.1) is 12.7 Å². The molecule has 1 aromatic heterocycles. The Balaban J connectivity index is 1.64. The van der Waals surface area contributed by atoms with E-state index in [0.29, 0.717) is 24.2 Å². The number of aromatic nitrogens is 2. The molecule has 166 valence electrons. The van der Waals surface area contributed by atoms with Crippen molar-refractivity contribution < 1.29 is 14.0 Å². The summed E-state index contributed by atoms with van der Waals surface area (Å²) in [6.07, 6.45) is 2.85. The van der Waals surface area contributed by atoms with Crippen molar-refractivity contribution in [1.82, 2.24) is 15.1 Å². The van der Waals surface area contributed by atoms with Gasteiger partial charge in [-0.1, -0.05) is 19.1 Å². The molecule has 0 saturated heterocycles. The first-order valence-electron chi connectivity index (χ1n) is 10.6. The average Bonchev–Trinajstić information content (AvgIpc) is 3.01. The summed E-state index contributed by atoms with van der Waals surface area (Å²) >= 11 is 0. The molecule has 32 heavy (non-hydrogen) atoms. The minimum Gasteiger partial charge on any atom is -0.352 e. The van der Waals surface area contributed by atoms with Gasteiger partial charge in [-0.3, -0.25) is 14.3 Å². The van der Waals surface area contributed by atoms with Crippen LogP contribution < -0.4 is 15.5 Å². The van der Waals surface area contributed by atoms with E-state index in [2.05, 4.69) is 15.7 Å². The summed E-state index contributed by atoms with van der Waals surface area (Å²) in [5, 5.41) is 10.4. The van der Waals surface area contributed by atoms with Crippen LogP contribution in [-0.2, 0) is 24.9 Å². The van der Waals surface area contributed by atoms with Gasteiger partial charge in [0.15, 0.2) is 0 Å². The number of benzene rings is 2. The Morgan fingerprint density at radius 3 is 2.78 bits per heavy atom. The number of carbonyl (C=O) groups is 2. The van der Waals surface area contributed by atoms with Crippen molar-refractivity contribution in [1.29, 1.82) is 0 Å². The number of aryl methyl sites for hydroxylation is 2. The monoisotopic (exact) mass is 435 g/mol. The summed E-state index contributed by atoms with van der Waals surface area (Å²) in [5.74, 6) is -0.138. The van der Waals surface area contributed by atoms with Crippen LogP contribution in [0.3, 0.4) is 0 Å². The van der Waals surface area contributed by atoms with Crippen LogP contribution >= 0.6 is 0 Å². The SMILES string of the molecule is CCCC(=O)NCc1ccc(C(=O)N2Cc3cnn(C)c3Nc3cc(C)ccc32)cc1F. The fraction of sp³-hybridized carbons (Fsp3) is 0.292. The van der Waals surface area contributed by atoms with Gasteiger partial charge in [0, 0.05) is 36.7 Å². The van der Waals surface area contributed by atoms with Gasteiger partial charge >= 0.3 is 0 Å². The Hall–Kier alpha value is -3.68. The summed E-state index contributed by atoms with van der Waals surface area (Å²) in [4.78, 5) is 26.8. The molecule has 3 aromatic rings. The lowest BCUT2D eigenvalue weighted by Crippen LogP contribution is -2.30. The first kappa shape index (κ1) is 21.5. The van der Waals surface area contributed by atoms with Crippen LogP contribution in [0.5, 0.6) is 0 Å². The number of hydrogen-bond donors (Lipinski definition) is 2. The number of anilines is 3. The maximum Gasteiger partial charge on any atom is 0.258 e. The number of rotatable bonds is 5. The maximum absolute atomic E-state index is 14.7. The van der Waals surface area contributed by atoms with Crippen LogP contribution in [0.2, 0.25) is 0 Å². The van der Waals surface area contributed by atoms with Crippen LogP contribution in [-0.4, -0.2) is 21.6 Å². The summed E-state index contributed by atoms with van der Waals surface area (Å²) < 4.78 is 16.5. The number of hydrogen-bond acceptors (Lipinski definition) is 4. The van der Waals surface area contributed by atoms with Crippen molar-refractivity contribution in [3.05, 3.63) is 70.7 Å². The molecule has 0 atom stereocenters. The highest BCUT2D eigenvalue weighted by molar-refractivity contribution is 6.08. The van der Waals surface area contributed by atoms with Gasteiger partial charge in [0.1, 0.15) is 11.6 Å². The van der Waals surface area contributed by atoms with E-state index in [4.69, 9.17) is 0 Å². The van der Waals surface area contributed by atoms with Crippen molar-refractivity contribution in [2.45, 2.75) is 39.8 Å². The van der Waals surface area contributed by atoms with Crippen molar-refractivity contribution in [2.24, 2.45) is 7.05 Å². The van der Waals surface area contributed by atoms with E-state index in [1.165, 1.54) is 6.07 Å². The van der Waals surface area contributed by atoms with Crippen LogP contribution in [0.1, 0.15) is 46.8 Å². The number of fused-ring (bicyclic) bond motifs is 2. The van der Waals surface area contributed by atoms with Gasteiger partial charge in [0.25, 0.3) is 5.91 Å². The van der Waals surface area contributed by atoms with Crippen LogP contribution in [0.15, 0.2) is 42.6 Å². The normalized spacial score (nSPS) is 12.4. The topological polar surface area (TPSA) is 79.3 Å². The maximum atomic E-state index is 14.7. The van der Waals surface area contributed by atoms with Gasteiger partial charge < -0.3 is 15.5 Å². The lowest BCUT2D eigenvalue weighted by molar-refractivity contribution is -0.121. The highest BCUT2D eigenvalue weighted by Gasteiger charge is 2.27. The standard InChI is InChI=1S/C24H26FN5O2/c1-4-5-22(31)26-12-17-8-7-16(11-19(17)25)24(32)30-14-18-13-27-29(3)23(18)28-20-10-15(2)6-9-21(20)30/h6-11,13,28H,4-5,12,14H2,1-3H3,(H,26,31). The molecule has 4 rings (SSSR count). The zero-order valence-corrected chi connectivity index (χ0v) is 18.4. The molecule has 0 spiro atoms. The van der Waals surface area contributed by atoms with E-state index in [1.807, 2.05) is 39.1 Å². The number of nitrogens with one attached hydrogen (secondary N) is 2. The fourth-order valence-corrected chi connectivity index (χ4v) is 3.80. The van der Waals surface area contributed by atoms with Gasteiger partial charge in [0.2, 0.25) is 5.91 Å². The molecule has 0 radical (unpaired) electrons. The second kappa shape index (κ2) is 8.82. The van der Waals surface area contributed by atoms with E-state index in [-0.39, 0.29) is 23.9 Å². The second-order valence-corrected chi connectivity index (χ2v) is 8.01. The Morgan fingerprint density at radius 2 is 2.03 bits per heavy atom. The lowest BCUT2D eigenvalue weighted by Gasteiger charge is -2.23. The quantitative estimate of drug-likeness (QED) is 0.630. The van der Waals surface area contributed by atoms with Gasteiger partial charge in [-0.05, 0) is 43.2 Å². The van der Waals surface area contributed by atoms with Gasteiger partial charge in [0.05, 0.1) is 24.1 Å². The molecule has 2 N–H and O–H groups in total. The van der Waals surface area contributed by atoms with Crippen LogP contribution in [0.4, 0.5) is 21.6 Å². The van der Waals surface area contributed by atoms with E-state index < -0.39 is 5.82 Å². The molecule has 1 aliphatic heterocycles. The minimum absolute atomic E-state index is 0.0912. The molecule has 2 aromatic carbocycles. The summed E-state index contributed by atoms with van der Waals surface area (Å²) in [6.45, 7) is 4.29. The predicted molar refractivity (Wildman–Crippen MR) is 121 cm³/mol. The number of carbonyl (C=O) groups excluding carboxylic acids is 2. The fourth-order valence-electron chi connectivity index (χ4n) is 3.80. The molecule has 2 heterocycles. The summed E-state index contributed by atoms with van der Waals surface area (Å²) in [6, 6.07) is 10.2. The molecule has 0 unspecified atom stereocenters. The second-order valence-electron chi connectivity index (χ2n) is 8.01. The predicted octanol–water partition coefficient (Wildman–Crippen LogP) is 4.19. The van der Waals surface area contributed by atoms with Crippen LogP contribution in [0.25, 0.3) is 0 Å². The third kappa shape index (κ3) is 4.21. The highest BCUT2D eigenvalue weighted by atomic mass is 19.1. The Labute approximate surface area is 186 Å². The van der Waals surface area contributed by atoms with Crippen molar-refractivity contribution >= 4 is 29.0 Å². The third-order valence-electron chi connectivity index (χ3n) is 5.54. The summed E-state index contributed by atoms with van der Waals surface area (Å²) in [5.41, 5.74) is 4.00. The zero-order valence-electron chi connectivity index (χ0n) is 18.4. The van der Waals surface area contributed by atoms with E-state index in [9.17, 15) is 14.0 Å². The number of nitrogens with zero attached hydrogens (tertiary/aromatic N) is 3. The Bertz CT molecular complexity index is 1190. The number of amides is 2. The van der Waals surface area contributed by atoms with Crippen molar-refractivity contribution in [2.75, 3.05) is 10.2 Å². The van der Waals surface area contributed by atoms with Gasteiger partial charge in [-0.25, -0.2) is 4.39 Å². The van der Waals surface area contributed by atoms with Gasteiger partial charge in [-0.2, -0.15) is 5.10 Å². The van der Waals surface area contributed by atoms with Crippen molar-refractivity contribution in [3.8, 4) is 0 Å². The molecule has 0 fully saturated rings. The zero-order chi connectivity index (χ0) is 22.8. The Kier molecular flexibility index (Phi) is 5.94. The lowest BCUT2D eigenvalue weighted by atomic mass is 10.1. The third-order valence-corrected chi connectivity index (χ3v) is 5.54.